The highest BCUT2D eigenvalue weighted by atomic mass is 16.5. The third-order valence-electron chi connectivity index (χ3n) is 1.38. The second-order valence-electron chi connectivity index (χ2n) is 2.38. The molecule has 1 heterocycles. The minimum Gasteiger partial charge on any atom is -0.409 e. The summed E-state index contributed by atoms with van der Waals surface area (Å²) in [4.78, 5) is 14.2. The first kappa shape index (κ1) is 9.47. The molecule has 0 aliphatic heterocycles. The van der Waals surface area contributed by atoms with E-state index in [0.29, 0.717) is 12.2 Å². The van der Waals surface area contributed by atoms with Crippen molar-refractivity contribution in [1.82, 2.24) is 4.98 Å². The molecular formula is C8H10N2O3. The highest BCUT2D eigenvalue weighted by Gasteiger charge is 1.99. The van der Waals surface area contributed by atoms with Crippen molar-refractivity contribution in [2.24, 2.45) is 5.73 Å². The molecule has 13 heavy (non-hydrogen) atoms. The molecule has 0 radical (unpaired) electrons. The average molecular weight is 182 g/mol. The van der Waals surface area contributed by atoms with Gasteiger partial charge in [-0.2, -0.15) is 0 Å². The van der Waals surface area contributed by atoms with Gasteiger partial charge in [0.15, 0.2) is 5.75 Å². The Morgan fingerprint density at radius 1 is 1.62 bits per heavy atom. The van der Waals surface area contributed by atoms with Crippen LogP contribution in [0.15, 0.2) is 18.3 Å². The number of carbonyl (C=O) groups excluding carboxylic acids is 1. The number of primary amides is 1. The Morgan fingerprint density at radius 3 is 2.85 bits per heavy atom. The van der Waals surface area contributed by atoms with E-state index >= 15 is 0 Å². The molecule has 1 aromatic rings. The van der Waals surface area contributed by atoms with Gasteiger partial charge in [0.25, 0.3) is 0 Å². The summed E-state index contributed by atoms with van der Waals surface area (Å²) >= 11 is 0. The number of nitrogens with zero attached hydrogens (tertiary/aromatic N) is 1. The quantitative estimate of drug-likeness (QED) is 0.692. The fourth-order valence-corrected chi connectivity index (χ4v) is 0.850. The van der Waals surface area contributed by atoms with Gasteiger partial charge in [-0.25, -0.2) is 4.79 Å². The molecule has 0 atom stereocenters. The van der Waals surface area contributed by atoms with Crippen molar-refractivity contribution < 1.29 is 14.6 Å². The third-order valence-corrected chi connectivity index (χ3v) is 1.38. The predicted octanol–water partition coefficient (Wildman–Crippen LogP) is 0.0739. The Hall–Kier alpha value is -1.62. The molecule has 0 aromatic carbocycles. The Kier molecular flexibility index (Phi) is 3.22. The second-order valence-corrected chi connectivity index (χ2v) is 2.38. The van der Waals surface area contributed by atoms with Crippen molar-refractivity contribution in [1.29, 1.82) is 0 Å². The molecule has 70 valence electrons. The van der Waals surface area contributed by atoms with Crippen molar-refractivity contribution in [2.75, 3.05) is 6.61 Å². The lowest BCUT2D eigenvalue weighted by molar-refractivity contribution is 0.210. The summed E-state index contributed by atoms with van der Waals surface area (Å²) in [6, 6.07) is 3.23. The average Bonchev–Trinajstić information content (AvgIpc) is 2.08. The van der Waals surface area contributed by atoms with Gasteiger partial charge >= 0.3 is 6.09 Å². The summed E-state index contributed by atoms with van der Waals surface area (Å²) in [6.45, 7) is 0.0447. The van der Waals surface area contributed by atoms with E-state index in [-0.39, 0.29) is 6.61 Å². The Balaban J connectivity index is 2.64. The monoisotopic (exact) mass is 182 g/mol. The van der Waals surface area contributed by atoms with E-state index in [4.69, 9.17) is 10.8 Å². The summed E-state index contributed by atoms with van der Waals surface area (Å²) in [5.74, 6) is 0.300. The van der Waals surface area contributed by atoms with Crippen molar-refractivity contribution in [3.05, 3.63) is 24.0 Å². The van der Waals surface area contributed by atoms with Gasteiger partial charge in [-0.05, 0) is 12.1 Å². The van der Waals surface area contributed by atoms with Crippen LogP contribution in [0.2, 0.25) is 0 Å². The van der Waals surface area contributed by atoms with Gasteiger partial charge in [0, 0.05) is 18.7 Å². The number of aromatic nitrogens is 1. The van der Waals surface area contributed by atoms with Gasteiger partial charge in [-0.3, -0.25) is 4.98 Å². The molecule has 5 nitrogen and oxygen atoms in total. The van der Waals surface area contributed by atoms with Gasteiger partial charge in [0.05, 0.1) is 6.20 Å². The third kappa shape index (κ3) is 3.08. The Bertz CT molecular complexity index is 284. The number of rotatable bonds is 3. The van der Waals surface area contributed by atoms with Gasteiger partial charge in [-0.1, -0.05) is 0 Å². The van der Waals surface area contributed by atoms with Crippen molar-refractivity contribution in [2.45, 2.75) is 6.42 Å². The lowest BCUT2D eigenvalue weighted by Crippen LogP contribution is -2.16. The maximum atomic E-state index is 10.3. The molecule has 0 saturated heterocycles. The first-order valence-corrected chi connectivity index (χ1v) is 3.75. The molecule has 1 aromatic heterocycles. The fourth-order valence-electron chi connectivity index (χ4n) is 0.850. The second kappa shape index (κ2) is 4.42. The number of aliphatic hydroxyl groups excluding tert-OH is 1. The van der Waals surface area contributed by atoms with Crippen LogP contribution in [0.1, 0.15) is 5.69 Å². The topological polar surface area (TPSA) is 85.4 Å². The molecule has 1 amide bonds. The molecule has 0 aliphatic rings. The van der Waals surface area contributed by atoms with E-state index in [0.717, 1.165) is 5.69 Å². The molecule has 0 unspecified atom stereocenters. The minimum atomic E-state index is -0.864. The number of ether oxygens (including phenoxy) is 1. The fraction of sp³-hybridized carbons (Fsp3) is 0.250. The normalized spacial score (nSPS) is 9.62. The molecule has 0 bridgehead atoms. The molecule has 0 aliphatic carbocycles. The maximum Gasteiger partial charge on any atom is 0.410 e. The number of aliphatic hydroxyl groups is 1. The van der Waals surface area contributed by atoms with E-state index in [1.807, 2.05) is 0 Å². The summed E-state index contributed by atoms with van der Waals surface area (Å²) in [5, 5.41) is 8.59. The SMILES string of the molecule is NC(=O)Oc1ccc(CCO)nc1. The zero-order valence-electron chi connectivity index (χ0n) is 6.93. The maximum absolute atomic E-state index is 10.3. The lowest BCUT2D eigenvalue weighted by Gasteiger charge is -2.00. The molecular weight excluding hydrogens is 172 g/mol. The van der Waals surface area contributed by atoms with Crippen LogP contribution in [-0.2, 0) is 6.42 Å². The van der Waals surface area contributed by atoms with Crippen LogP contribution >= 0.6 is 0 Å². The van der Waals surface area contributed by atoms with E-state index in [1.54, 1.807) is 12.1 Å². The van der Waals surface area contributed by atoms with Crippen LogP contribution in [0.5, 0.6) is 5.75 Å². The van der Waals surface area contributed by atoms with Gasteiger partial charge in [0.1, 0.15) is 0 Å². The number of carbonyl (C=O) groups is 1. The smallest absolute Gasteiger partial charge is 0.409 e. The first-order valence-electron chi connectivity index (χ1n) is 3.75. The number of nitrogens with two attached hydrogens (primary N) is 1. The number of pyridine rings is 1. The zero-order valence-corrected chi connectivity index (χ0v) is 6.93. The molecule has 3 N–H and O–H groups in total. The highest BCUT2D eigenvalue weighted by molar-refractivity contribution is 5.67. The number of hydrogen-bond donors (Lipinski definition) is 2. The Morgan fingerprint density at radius 2 is 2.38 bits per heavy atom. The van der Waals surface area contributed by atoms with E-state index in [2.05, 4.69) is 9.72 Å². The van der Waals surface area contributed by atoms with Crippen LogP contribution in [-0.4, -0.2) is 22.8 Å². The first-order chi connectivity index (χ1) is 6.22. The summed E-state index contributed by atoms with van der Waals surface area (Å²) in [6.07, 6.45) is 1.00. The molecule has 0 spiro atoms. The van der Waals surface area contributed by atoms with Gasteiger partial charge in [-0.15, -0.1) is 0 Å². The van der Waals surface area contributed by atoms with Crippen LogP contribution in [0.3, 0.4) is 0 Å². The minimum absolute atomic E-state index is 0.0447. The van der Waals surface area contributed by atoms with Crippen LogP contribution in [0.4, 0.5) is 4.79 Å². The molecule has 5 heteroatoms. The molecule has 0 saturated carbocycles. The van der Waals surface area contributed by atoms with Gasteiger partial charge < -0.3 is 15.6 Å². The summed E-state index contributed by atoms with van der Waals surface area (Å²) < 4.78 is 4.56. The molecule has 0 fully saturated rings. The predicted molar refractivity (Wildman–Crippen MR) is 45.2 cm³/mol. The lowest BCUT2D eigenvalue weighted by atomic mass is 10.3. The van der Waals surface area contributed by atoms with Crippen molar-refractivity contribution >= 4 is 6.09 Å². The number of amides is 1. The number of hydrogen-bond acceptors (Lipinski definition) is 4. The summed E-state index contributed by atoms with van der Waals surface area (Å²) in [7, 11) is 0. The Labute approximate surface area is 75.2 Å². The van der Waals surface area contributed by atoms with E-state index in [1.165, 1.54) is 6.20 Å². The van der Waals surface area contributed by atoms with Crippen molar-refractivity contribution in [3.63, 3.8) is 0 Å². The molecule has 1 rings (SSSR count). The van der Waals surface area contributed by atoms with E-state index < -0.39 is 6.09 Å². The van der Waals surface area contributed by atoms with Crippen LogP contribution < -0.4 is 10.5 Å². The van der Waals surface area contributed by atoms with E-state index in [9.17, 15) is 4.79 Å². The van der Waals surface area contributed by atoms with Crippen LogP contribution in [0.25, 0.3) is 0 Å². The van der Waals surface area contributed by atoms with Crippen molar-refractivity contribution in [3.8, 4) is 5.75 Å². The van der Waals surface area contributed by atoms with Crippen LogP contribution in [0, 0.1) is 0 Å². The van der Waals surface area contributed by atoms with Gasteiger partial charge in [0.2, 0.25) is 0 Å². The largest absolute Gasteiger partial charge is 0.410 e. The summed E-state index contributed by atoms with van der Waals surface area (Å²) in [5.41, 5.74) is 5.53. The standard InChI is InChI=1S/C8H10N2O3/c9-8(12)13-7-2-1-6(3-4-11)10-5-7/h1-2,5,11H,3-4H2,(H2,9,12). The highest BCUT2D eigenvalue weighted by Crippen LogP contribution is 2.08. The zero-order chi connectivity index (χ0) is 9.68.